The summed E-state index contributed by atoms with van der Waals surface area (Å²) >= 11 is 0. The number of likely N-dealkylation sites (N-methyl/N-ethyl adjacent to an activating group) is 3. The lowest BCUT2D eigenvalue weighted by Crippen LogP contribution is -2.58. The summed E-state index contributed by atoms with van der Waals surface area (Å²) in [5.41, 5.74) is 0.893. The lowest BCUT2D eigenvalue weighted by Gasteiger charge is -2.35. The number of aliphatic hydroxyl groups is 1. The van der Waals surface area contributed by atoms with E-state index in [4.69, 9.17) is 9.47 Å². The Morgan fingerprint density at radius 2 is 1.39 bits per heavy atom. The van der Waals surface area contributed by atoms with Gasteiger partial charge in [-0.3, -0.25) is 24.0 Å². The van der Waals surface area contributed by atoms with E-state index in [1.807, 2.05) is 45.9 Å². The predicted molar refractivity (Wildman–Crippen MR) is 232 cm³/mol. The van der Waals surface area contributed by atoms with Crippen molar-refractivity contribution in [2.75, 3.05) is 27.7 Å². The number of nitrogens with one attached hydrogen (secondary N) is 2. The topological polar surface area (TPSA) is 192 Å². The summed E-state index contributed by atoms with van der Waals surface area (Å²) in [5.74, 6) is -6.03. The van der Waals surface area contributed by atoms with Crippen molar-refractivity contribution in [3.63, 3.8) is 0 Å². The molecule has 0 bridgehead atoms. The molecule has 0 saturated heterocycles. The van der Waals surface area contributed by atoms with Crippen LogP contribution >= 0.6 is 0 Å². The molecule has 15 heteroatoms. The molecule has 1 aromatic rings. The van der Waals surface area contributed by atoms with Crippen molar-refractivity contribution in [3.8, 4) is 0 Å². The Kier molecular flexibility index (Phi) is 21.1. The molecule has 342 valence electrons. The molecule has 0 radical (unpaired) electrons. The highest BCUT2D eigenvalue weighted by Gasteiger charge is 2.39. The number of amides is 5. The van der Waals surface area contributed by atoms with Crippen LogP contribution in [0.2, 0.25) is 0 Å². The summed E-state index contributed by atoms with van der Waals surface area (Å²) in [7, 11) is 4.34. The second kappa shape index (κ2) is 24.6. The van der Waals surface area contributed by atoms with Gasteiger partial charge in [0, 0.05) is 45.0 Å². The quantitative estimate of drug-likeness (QED) is 0.306. The molecule has 1 aliphatic heterocycles. The van der Waals surface area contributed by atoms with Gasteiger partial charge in [-0.05, 0) is 57.4 Å². The van der Waals surface area contributed by atoms with Gasteiger partial charge in [-0.2, -0.15) is 0 Å². The maximum absolute atomic E-state index is 14.2. The Balaban J connectivity index is 2.67. The normalized spacial score (nSPS) is 29.1. The molecule has 15 nitrogen and oxygen atoms in total. The van der Waals surface area contributed by atoms with E-state index < -0.39 is 102 Å². The molecule has 5 amide bonds. The molecule has 2 rings (SSSR count). The van der Waals surface area contributed by atoms with Gasteiger partial charge in [-0.15, -0.1) is 0 Å². The summed E-state index contributed by atoms with van der Waals surface area (Å²) in [6.45, 7) is 17.0. The van der Waals surface area contributed by atoms with E-state index in [9.17, 15) is 38.7 Å². The second-order valence-corrected chi connectivity index (χ2v) is 17.1. The first-order valence-electron chi connectivity index (χ1n) is 21.8. The van der Waals surface area contributed by atoms with E-state index in [1.165, 1.54) is 62.7 Å². The number of carbonyl (C=O) groups excluding carboxylic acids is 7. The fraction of sp³-hybridized carbons (Fsp3) is 0.674. The van der Waals surface area contributed by atoms with E-state index in [0.29, 0.717) is 19.3 Å². The maximum Gasteiger partial charge on any atom is 0.334 e. The molecule has 61 heavy (non-hydrogen) atoms. The number of ether oxygens (including phenoxy) is 2. The third-order valence-electron chi connectivity index (χ3n) is 12.2. The third-order valence-corrected chi connectivity index (χ3v) is 12.2. The van der Waals surface area contributed by atoms with Gasteiger partial charge in [0.25, 0.3) is 5.91 Å². The fourth-order valence-electron chi connectivity index (χ4n) is 7.32. The molecule has 0 spiro atoms. The molecule has 1 aromatic carbocycles. The molecule has 3 N–H and O–H groups in total. The zero-order chi connectivity index (χ0) is 46.3. The van der Waals surface area contributed by atoms with Crippen LogP contribution in [0.4, 0.5) is 0 Å². The predicted octanol–water partition coefficient (Wildman–Crippen LogP) is 4.05. The minimum absolute atomic E-state index is 0.00927. The average molecular weight is 856 g/mol. The van der Waals surface area contributed by atoms with Gasteiger partial charge >= 0.3 is 11.9 Å². The van der Waals surface area contributed by atoms with Crippen molar-refractivity contribution in [2.24, 2.45) is 23.7 Å². The second-order valence-electron chi connectivity index (χ2n) is 17.1. The maximum atomic E-state index is 14.2. The minimum atomic E-state index is -1.26. The van der Waals surface area contributed by atoms with E-state index in [2.05, 4.69) is 10.6 Å². The SMILES string of the molecule is CCC[C@H](C)[C@H]1OC(=O)[C@H](C)N(C)C(=O)[C@@H]([C@@H](C)CC)NC(=O)CN(C)C(=O)[C@@H](Cc2ccccc2)N(C)C(=O)[C@H](C)NC(=O)[C@@H]([C@@H](C)CC)OC(=O)/C(C)=C/C[C@H](O)[C@@H]1C. The van der Waals surface area contributed by atoms with Crippen LogP contribution in [0.15, 0.2) is 42.0 Å². The Hall–Kier alpha value is -4.79. The number of nitrogens with zero attached hydrogens (tertiary/aromatic N) is 3. The Labute approximate surface area is 363 Å². The Morgan fingerprint density at radius 3 is 1.97 bits per heavy atom. The highest BCUT2D eigenvalue weighted by Crippen LogP contribution is 2.27. The first kappa shape index (κ1) is 52.3. The van der Waals surface area contributed by atoms with Crippen molar-refractivity contribution in [2.45, 2.75) is 150 Å². The highest BCUT2D eigenvalue weighted by molar-refractivity contribution is 5.96. The van der Waals surface area contributed by atoms with E-state index in [-0.39, 0.29) is 30.3 Å². The largest absolute Gasteiger partial charge is 0.460 e. The Bertz CT molecular complexity index is 1690. The van der Waals surface area contributed by atoms with Crippen LogP contribution in [-0.2, 0) is 49.5 Å². The molecule has 11 atom stereocenters. The number of rotatable bonds is 9. The molecule has 1 aliphatic rings. The minimum Gasteiger partial charge on any atom is -0.460 e. The van der Waals surface area contributed by atoms with Crippen LogP contribution in [0.3, 0.4) is 0 Å². The summed E-state index contributed by atoms with van der Waals surface area (Å²) in [5, 5.41) is 16.9. The number of hydrogen-bond donors (Lipinski definition) is 3. The third kappa shape index (κ3) is 14.7. The highest BCUT2D eigenvalue weighted by atomic mass is 16.6. The molecular formula is C46H73N5O10. The smallest absolute Gasteiger partial charge is 0.334 e. The lowest BCUT2D eigenvalue weighted by atomic mass is 9.85. The number of esters is 2. The molecule has 0 fully saturated rings. The zero-order valence-electron chi connectivity index (χ0n) is 38.7. The Morgan fingerprint density at radius 1 is 0.787 bits per heavy atom. The van der Waals surface area contributed by atoms with E-state index in [1.54, 1.807) is 32.9 Å². The lowest BCUT2D eigenvalue weighted by molar-refractivity contribution is -0.166. The van der Waals surface area contributed by atoms with Crippen LogP contribution in [0.5, 0.6) is 0 Å². The van der Waals surface area contributed by atoms with Crippen LogP contribution in [0.1, 0.15) is 107 Å². The number of benzene rings is 1. The van der Waals surface area contributed by atoms with Crippen LogP contribution in [0.25, 0.3) is 0 Å². The molecule has 0 unspecified atom stereocenters. The summed E-state index contributed by atoms with van der Waals surface area (Å²) in [6, 6.07) is 4.67. The monoisotopic (exact) mass is 856 g/mol. The van der Waals surface area contributed by atoms with Crippen molar-refractivity contribution in [1.82, 2.24) is 25.3 Å². The molecule has 1 heterocycles. The van der Waals surface area contributed by atoms with Crippen molar-refractivity contribution in [1.29, 1.82) is 0 Å². The van der Waals surface area contributed by atoms with Crippen molar-refractivity contribution in [3.05, 3.63) is 47.5 Å². The fourth-order valence-corrected chi connectivity index (χ4v) is 7.32. The number of hydrogen-bond acceptors (Lipinski definition) is 10. The van der Waals surface area contributed by atoms with Gasteiger partial charge in [-0.25, -0.2) is 9.59 Å². The van der Waals surface area contributed by atoms with Gasteiger partial charge < -0.3 is 39.9 Å². The van der Waals surface area contributed by atoms with Gasteiger partial charge in [0.2, 0.25) is 23.6 Å². The van der Waals surface area contributed by atoms with Crippen LogP contribution < -0.4 is 10.6 Å². The standard InChI is InChI=1S/C46H73N5O10/c1-14-20-29(6)39-31(8)36(52)24-23-30(7)45(58)61-40(28(5)16-3)41(54)47-32(9)42(55)51(13)35(25-34-21-18-17-19-22-34)43(56)49(11)26-37(53)48-38(27(4)15-2)44(57)50(12)33(10)46(59)60-39/h17-19,21-23,27-29,31-33,35-36,38-40,52H,14-16,20,24-26H2,1-13H3,(H,47,54)(H,48,53)/b30-23+/t27-,28-,29-,31-,32-,33-,35+,36-,38+,39+,40+/m0/s1. The summed E-state index contributed by atoms with van der Waals surface area (Å²) in [4.78, 5) is 101. The first-order valence-corrected chi connectivity index (χ1v) is 21.8. The first-order chi connectivity index (χ1) is 28.6. The van der Waals surface area contributed by atoms with Crippen molar-refractivity contribution < 1.29 is 48.1 Å². The van der Waals surface area contributed by atoms with Gasteiger partial charge in [-0.1, -0.05) is 97.7 Å². The molecule has 0 aliphatic carbocycles. The number of carbonyl (C=O) groups is 7. The molecule has 0 saturated carbocycles. The molecule has 0 aromatic heterocycles. The summed E-state index contributed by atoms with van der Waals surface area (Å²) in [6.07, 6.45) is 1.00. The van der Waals surface area contributed by atoms with Crippen LogP contribution in [0, 0.1) is 23.7 Å². The van der Waals surface area contributed by atoms with Gasteiger partial charge in [0.1, 0.15) is 30.3 Å². The van der Waals surface area contributed by atoms with Gasteiger partial charge in [0.15, 0.2) is 6.10 Å². The van der Waals surface area contributed by atoms with E-state index in [0.717, 1.165) is 12.0 Å². The van der Waals surface area contributed by atoms with Gasteiger partial charge in [0.05, 0.1) is 12.6 Å². The number of cyclic esters (lactones) is 2. The van der Waals surface area contributed by atoms with E-state index >= 15 is 0 Å². The van der Waals surface area contributed by atoms with Crippen molar-refractivity contribution >= 4 is 41.5 Å². The zero-order valence-corrected chi connectivity index (χ0v) is 38.7. The van der Waals surface area contributed by atoms with Crippen LogP contribution in [-0.4, -0.2) is 131 Å². The average Bonchev–Trinajstić information content (AvgIpc) is 3.24. The molecular weight excluding hydrogens is 783 g/mol. The summed E-state index contributed by atoms with van der Waals surface area (Å²) < 4.78 is 11.8. The number of aliphatic hydroxyl groups excluding tert-OH is 1.